The molecule has 0 aliphatic rings. The predicted molar refractivity (Wildman–Crippen MR) is 71.8 cm³/mol. The molecule has 1 aromatic carbocycles. The number of nitrogens with two attached hydrogens (primary N) is 1. The van der Waals surface area contributed by atoms with Crippen molar-refractivity contribution in [2.75, 3.05) is 16.8 Å². The SMILES string of the molecule is Cc1c(N)cccc1NC(=O)CSC(C)C. The van der Waals surface area contributed by atoms with E-state index in [-0.39, 0.29) is 5.91 Å². The maximum atomic E-state index is 11.6. The van der Waals surface area contributed by atoms with Gasteiger partial charge in [-0.2, -0.15) is 0 Å². The molecule has 88 valence electrons. The first-order chi connectivity index (χ1) is 7.50. The van der Waals surface area contributed by atoms with Gasteiger partial charge in [0.1, 0.15) is 0 Å². The molecule has 16 heavy (non-hydrogen) atoms. The average Bonchev–Trinajstić information content (AvgIpc) is 2.22. The Morgan fingerprint density at radius 3 is 2.81 bits per heavy atom. The third kappa shape index (κ3) is 3.77. The van der Waals surface area contributed by atoms with Crippen molar-refractivity contribution in [3.05, 3.63) is 23.8 Å². The van der Waals surface area contributed by atoms with Crippen LogP contribution in [-0.2, 0) is 4.79 Å². The second kappa shape index (κ2) is 5.80. The van der Waals surface area contributed by atoms with Gasteiger partial charge >= 0.3 is 0 Å². The first kappa shape index (κ1) is 12.9. The molecule has 0 spiro atoms. The van der Waals surface area contributed by atoms with Crippen LogP contribution in [0.1, 0.15) is 19.4 Å². The van der Waals surface area contributed by atoms with E-state index in [9.17, 15) is 4.79 Å². The van der Waals surface area contributed by atoms with Gasteiger partial charge < -0.3 is 11.1 Å². The van der Waals surface area contributed by atoms with Gasteiger partial charge in [-0.05, 0) is 29.9 Å². The molecule has 0 bridgehead atoms. The molecular formula is C12H18N2OS. The zero-order valence-corrected chi connectivity index (χ0v) is 10.7. The summed E-state index contributed by atoms with van der Waals surface area (Å²) in [6.45, 7) is 6.05. The minimum atomic E-state index is 0.0207. The summed E-state index contributed by atoms with van der Waals surface area (Å²) in [5.41, 5.74) is 8.19. The molecule has 1 aromatic rings. The Morgan fingerprint density at radius 1 is 1.50 bits per heavy atom. The molecule has 0 aliphatic carbocycles. The number of hydrogen-bond donors (Lipinski definition) is 2. The minimum Gasteiger partial charge on any atom is -0.398 e. The molecule has 3 N–H and O–H groups in total. The fourth-order valence-electron chi connectivity index (χ4n) is 1.22. The summed E-state index contributed by atoms with van der Waals surface area (Å²) >= 11 is 1.63. The molecule has 0 atom stereocenters. The number of nitrogen functional groups attached to an aromatic ring is 1. The van der Waals surface area contributed by atoms with Crippen LogP contribution in [0.15, 0.2) is 18.2 Å². The molecule has 0 aromatic heterocycles. The van der Waals surface area contributed by atoms with Crippen LogP contribution in [0, 0.1) is 6.92 Å². The van der Waals surface area contributed by atoms with Gasteiger partial charge in [-0.15, -0.1) is 11.8 Å². The van der Waals surface area contributed by atoms with Crippen molar-refractivity contribution in [1.29, 1.82) is 0 Å². The molecule has 1 amide bonds. The molecular weight excluding hydrogens is 220 g/mol. The van der Waals surface area contributed by atoms with Crippen molar-refractivity contribution in [2.24, 2.45) is 0 Å². The Labute approximate surface area is 101 Å². The van der Waals surface area contributed by atoms with E-state index in [2.05, 4.69) is 19.2 Å². The number of nitrogens with one attached hydrogen (secondary N) is 1. The lowest BCUT2D eigenvalue weighted by atomic mass is 10.1. The highest BCUT2D eigenvalue weighted by Gasteiger charge is 2.07. The van der Waals surface area contributed by atoms with Crippen molar-refractivity contribution in [2.45, 2.75) is 26.0 Å². The molecule has 0 radical (unpaired) electrons. The van der Waals surface area contributed by atoms with Gasteiger partial charge in [0.05, 0.1) is 5.75 Å². The zero-order valence-electron chi connectivity index (χ0n) is 9.91. The van der Waals surface area contributed by atoms with Crippen LogP contribution in [0.3, 0.4) is 0 Å². The van der Waals surface area contributed by atoms with E-state index in [1.54, 1.807) is 11.8 Å². The molecule has 0 unspecified atom stereocenters. The number of thioether (sulfide) groups is 1. The minimum absolute atomic E-state index is 0.0207. The molecule has 0 saturated carbocycles. The van der Waals surface area contributed by atoms with Crippen molar-refractivity contribution in [1.82, 2.24) is 0 Å². The van der Waals surface area contributed by atoms with E-state index >= 15 is 0 Å². The third-order valence-electron chi connectivity index (χ3n) is 2.20. The maximum Gasteiger partial charge on any atom is 0.234 e. The number of anilines is 2. The van der Waals surface area contributed by atoms with E-state index in [0.29, 0.717) is 16.7 Å². The lowest BCUT2D eigenvalue weighted by molar-refractivity contribution is -0.113. The summed E-state index contributed by atoms with van der Waals surface area (Å²) in [5.74, 6) is 0.499. The monoisotopic (exact) mass is 238 g/mol. The lowest BCUT2D eigenvalue weighted by Gasteiger charge is -2.10. The number of carbonyl (C=O) groups excluding carboxylic acids is 1. The van der Waals surface area contributed by atoms with E-state index in [1.807, 2.05) is 25.1 Å². The van der Waals surface area contributed by atoms with Gasteiger partial charge in [-0.3, -0.25) is 4.79 Å². The van der Waals surface area contributed by atoms with Crippen molar-refractivity contribution >= 4 is 29.0 Å². The highest BCUT2D eigenvalue weighted by atomic mass is 32.2. The number of carbonyl (C=O) groups is 1. The fourth-order valence-corrected chi connectivity index (χ4v) is 1.77. The molecule has 0 saturated heterocycles. The Bertz CT molecular complexity index is 377. The molecule has 0 fully saturated rings. The van der Waals surface area contributed by atoms with Crippen molar-refractivity contribution in [3.63, 3.8) is 0 Å². The zero-order chi connectivity index (χ0) is 12.1. The second-order valence-corrected chi connectivity index (χ2v) is 5.49. The van der Waals surface area contributed by atoms with Gasteiger partial charge in [0.2, 0.25) is 5.91 Å². The van der Waals surface area contributed by atoms with E-state index in [0.717, 1.165) is 11.3 Å². The molecule has 0 heterocycles. The van der Waals surface area contributed by atoms with Gasteiger partial charge in [0.15, 0.2) is 0 Å². The summed E-state index contributed by atoms with van der Waals surface area (Å²) in [6, 6.07) is 5.53. The first-order valence-electron chi connectivity index (χ1n) is 5.27. The largest absolute Gasteiger partial charge is 0.398 e. The first-order valence-corrected chi connectivity index (χ1v) is 6.32. The summed E-state index contributed by atoms with van der Waals surface area (Å²) in [4.78, 5) is 11.6. The van der Waals surface area contributed by atoms with Crippen LogP contribution in [0.5, 0.6) is 0 Å². The summed E-state index contributed by atoms with van der Waals surface area (Å²) in [5, 5.41) is 3.33. The van der Waals surface area contributed by atoms with Gasteiger partial charge in [-0.1, -0.05) is 19.9 Å². The number of benzene rings is 1. The number of amides is 1. The second-order valence-electron chi connectivity index (χ2n) is 3.93. The maximum absolute atomic E-state index is 11.6. The van der Waals surface area contributed by atoms with Gasteiger partial charge in [0, 0.05) is 11.4 Å². The Hall–Kier alpha value is -1.16. The fraction of sp³-hybridized carbons (Fsp3) is 0.417. The van der Waals surface area contributed by atoms with Crippen LogP contribution in [-0.4, -0.2) is 16.9 Å². The Balaban J connectivity index is 2.59. The summed E-state index contributed by atoms with van der Waals surface area (Å²) in [7, 11) is 0. The quantitative estimate of drug-likeness (QED) is 0.793. The number of hydrogen-bond acceptors (Lipinski definition) is 3. The van der Waals surface area contributed by atoms with Crippen LogP contribution >= 0.6 is 11.8 Å². The van der Waals surface area contributed by atoms with Gasteiger partial charge in [0.25, 0.3) is 0 Å². The smallest absolute Gasteiger partial charge is 0.234 e. The molecule has 3 nitrogen and oxygen atoms in total. The molecule has 4 heteroatoms. The van der Waals surface area contributed by atoms with E-state index < -0.39 is 0 Å². The van der Waals surface area contributed by atoms with Crippen LogP contribution in [0.4, 0.5) is 11.4 Å². The molecule has 1 rings (SSSR count). The topological polar surface area (TPSA) is 55.1 Å². The summed E-state index contributed by atoms with van der Waals surface area (Å²) < 4.78 is 0. The lowest BCUT2D eigenvalue weighted by Crippen LogP contribution is -2.16. The van der Waals surface area contributed by atoms with Gasteiger partial charge in [-0.25, -0.2) is 0 Å². The summed E-state index contributed by atoms with van der Waals surface area (Å²) in [6.07, 6.45) is 0. The standard InChI is InChI=1S/C12H18N2OS/c1-8(2)16-7-12(15)14-11-6-4-5-10(13)9(11)3/h4-6,8H,7,13H2,1-3H3,(H,14,15). The Kier molecular flexibility index (Phi) is 4.68. The van der Waals surface area contributed by atoms with E-state index in [4.69, 9.17) is 5.73 Å². The number of rotatable bonds is 4. The van der Waals surface area contributed by atoms with E-state index in [1.165, 1.54) is 0 Å². The van der Waals surface area contributed by atoms with Crippen molar-refractivity contribution < 1.29 is 4.79 Å². The third-order valence-corrected chi connectivity index (χ3v) is 3.29. The van der Waals surface area contributed by atoms with Crippen LogP contribution in [0.2, 0.25) is 0 Å². The molecule has 0 aliphatic heterocycles. The van der Waals surface area contributed by atoms with Crippen LogP contribution < -0.4 is 11.1 Å². The van der Waals surface area contributed by atoms with Crippen LogP contribution in [0.25, 0.3) is 0 Å². The highest BCUT2D eigenvalue weighted by Crippen LogP contribution is 2.20. The Morgan fingerprint density at radius 2 is 2.19 bits per heavy atom. The normalized spacial score (nSPS) is 10.5. The highest BCUT2D eigenvalue weighted by molar-refractivity contribution is 8.00. The average molecular weight is 238 g/mol. The predicted octanol–water partition coefficient (Wildman–Crippen LogP) is 2.66. The van der Waals surface area contributed by atoms with Crippen molar-refractivity contribution in [3.8, 4) is 0 Å².